The number of rotatable bonds is 6. The first-order chi connectivity index (χ1) is 10.8. The van der Waals surface area contributed by atoms with Crippen LogP contribution in [0.25, 0.3) is 0 Å². The number of carbonyl (C=O) groups excluding carboxylic acids is 1. The third-order valence-electron chi connectivity index (χ3n) is 4.89. The Morgan fingerprint density at radius 3 is 2.39 bits per heavy atom. The Balaban J connectivity index is 2.22. The molecule has 2 rings (SSSR count). The fraction of sp³-hybridized carbons (Fsp3) is 0.556. The number of nitrogens with one attached hydrogen (secondary N) is 1. The minimum absolute atomic E-state index is 0.0158. The van der Waals surface area contributed by atoms with E-state index in [0.29, 0.717) is 9.45 Å². The molecule has 1 aliphatic carbocycles. The van der Waals surface area contributed by atoms with Crippen LogP contribution >= 0.6 is 0 Å². The molecule has 5 heteroatoms. The number of amides is 1. The van der Waals surface area contributed by atoms with Crippen LogP contribution in [0.2, 0.25) is 0 Å². The average molecular weight is 331 g/mol. The molecule has 0 spiro atoms. The van der Waals surface area contributed by atoms with Gasteiger partial charge in [-0.05, 0) is 43.5 Å². The highest BCUT2D eigenvalue weighted by Crippen LogP contribution is 2.46. The highest BCUT2D eigenvalue weighted by Gasteiger charge is 2.59. The summed E-state index contributed by atoms with van der Waals surface area (Å²) in [7, 11) is 1.98. The normalized spacial score (nSPS) is 17.9. The lowest BCUT2D eigenvalue weighted by Crippen LogP contribution is -2.56. The Kier molecular flexibility index (Phi) is 5.07. The van der Waals surface area contributed by atoms with Gasteiger partial charge in [-0.15, -0.1) is 0 Å². The topological polar surface area (TPSA) is 52.9 Å². The zero-order valence-electron chi connectivity index (χ0n) is 14.4. The number of hydrogen-bond donors (Lipinski definition) is 1. The van der Waals surface area contributed by atoms with Gasteiger partial charge in [-0.2, -0.15) is 5.26 Å². The van der Waals surface area contributed by atoms with Crippen LogP contribution in [0.4, 0.5) is 5.69 Å². The summed E-state index contributed by atoms with van der Waals surface area (Å²) in [6, 6.07) is 5.76. The number of carbonyl (C=O) groups is 1. The SMILES string of the molecule is CCCC[N+](C)([S-])C1(C(=O)Nc2c(C)cc(C#N)cc2C)CC1. The number of hydrogen-bond acceptors (Lipinski definition) is 3. The molecule has 23 heavy (non-hydrogen) atoms. The van der Waals surface area contributed by atoms with Crippen LogP contribution in [0.3, 0.4) is 0 Å². The molecular formula is C18H25N3OS. The predicted molar refractivity (Wildman–Crippen MR) is 94.6 cm³/mol. The summed E-state index contributed by atoms with van der Waals surface area (Å²) in [6.45, 7) is 6.81. The quantitative estimate of drug-likeness (QED) is 0.642. The molecule has 0 saturated heterocycles. The lowest BCUT2D eigenvalue weighted by molar-refractivity contribution is -0.802. The maximum atomic E-state index is 12.9. The van der Waals surface area contributed by atoms with Crippen LogP contribution < -0.4 is 5.32 Å². The lowest BCUT2D eigenvalue weighted by atomic mass is 10.0. The van der Waals surface area contributed by atoms with Crippen molar-refractivity contribution in [3.8, 4) is 6.07 Å². The fourth-order valence-electron chi connectivity index (χ4n) is 3.16. The number of nitriles is 1. The third-order valence-corrected chi connectivity index (χ3v) is 5.42. The Morgan fingerprint density at radius 1 is 1.39 bits per heavy atom. The highest BCUT2D eigenvalue weighted by atomic mass is 32.1. The summed E-state index contributed by atoms with van der Waals surface area (Å²) >= 11 is 5.74. The van der Waals surface area contributed by atoms with E-state index in [1.54, 1.807) is 12.1 Å². The molecule has 1 N–H and O–H groups in total. The van der Waals surface area contributed by atoms with Crippen molar-refractivity contribution < 1.29 is 8.68 Å². The zero-order chi connectivity index (χ0) is 17.3. The summed E-state index contributed by atoms with van der Waals surface area (Å²) in [5.74, 6) is 0.0158. The van der Waals surface area contributed by atoms with Gasteiger partial charge in [-0.3, -0.25) is 4.79 Å². The van der Waals surface area contributed by atoms with E-state index in [1.165, 1.54) is 0 Å². The molecule has 1 unspecified atom stereocenters. The van der Waals surface area contributed by atoms with Crippen molar-refractivity contribution in [2.24, 2.45) is 0 Å². The summed E-state index contributed by atoms with van der Waals surface area (Å²) in [6.07, 6.45) is 3.80. The molecule has 1 aliphatic rings. The van der Waals surface area contributed by atoms with Crippen LogP contribution in [0, 0.1) is 25.2 Å². The first-order valence-corrected chi connectivity index (χ1v) is 8.53. The van der Waals surface area contributed by atoms with E-state index in [0.717, 1.165) is 49.0 Å². The van der Waals surface area contributed by atoms with Gasteiger partial charge in [0.05, 0.1) is 25.2 Å². The van der Waals surface area contributed by atoms with Gasteiger partial charge in [0.15, 0.2) is 5.54 Å². The maximum Gasteiger partial charge on any atom is 0.284 e. The van der Waals surface area contributed by atoms with E-state index >= 15 is 0 Å². The monoisotopic (exact) mass is 331 g/mol. The van der Waals surface area contributed by atoms with Crippen molar-refractivity contribution in [2.75, 3.05) is 18.9 Å². The van der Waals surface area contributed by atoms with Gasteiger partial charge in [-0.25, -0.2) is 0 Å². The molecule has 0 aliphatic heterocycles. The number of likely N-dealkylation sites (N-methyl/N-ethyl adjacent to an activating group) is 1. The fourth-order valence-corrected chi connectivity index (χ4v) is 3.56. The van der Waals surface area contributed by atoms with Crippen molar-refractivity contribution in [3.05, 3.63) is 28.8 Å². The number of anilines is 1. The van der Waals surface area contributed by atoms with Crippen LogP contribution in [0.5, 0.6) is 0 Å². The Morgan fingerprint density at radius 2 is 1.96 bits per heavy atom. The summed E-state index contributed by atoms with van der Waals surface area (Å²) in [4.78, 5) is 12.9. The lowest BCUT2D eigenvalue weighted by Gasteiger charge is -2.47. The second-order valence-corrected chi connectivity index (χ2v) is 7.57. The molecule has 0 bridgehead atoms. The van der Waals surface area contributed by atoms with Crippen molar-refractivity contribution in [3.63, 3.8) is 0 Å². The van der Waals surface area contributed by atoms with Crippen molar-refractivity contribution in [1.29, 1.82) is 5.26 Å². The van der Waals surface area contributed by atoms with Crippen LogP contribution in [0.1, 0.15) is 49.3 Å². The summed E-state index contributed by atoms with van der Waals surface area (Å²) in [5.41, 5.74) is 2.78. The molecule has 1 fully saturated rings. The molecule has 124 valence electrons. The number of unbranched alkanes of at least 4 members (excludes halogenated alkanes) is 1. The first-order valence-electron chi connectivity index (χ1n) is 8.17. The molecule has 1 atom stereocenters. The van der Waals surface area contributed by atoms with Gasteiger partial charge in [0.2, 0.25) is 0 Å². The van der Waals surface area contributed by atoms with Crippen LogP contribution in [0.15, 0.2) is 12.1 Å². The molecule has 0 aromatic heterocycles. The molecule has 4 nitrogen and oxygen atoms in total. The summed E-state index contributed by atoms with van der Waals surface area (Å²) in [5, 5.41) is 12.1. The standard InChI is InChI=1S/C18H25N3OS/c1-5-6-9-21(4,23)18(7-8-18)17(22)20-16-13(2)10-15(12-19)11-14(16)3/h10-11H,5-9H2,1-4H3,(H,20,22). The smallest absolute Gasteiger partial charge is 0.284 e. The van der Waals surface area contributed by atoms with E-state index in [1.807, 2.05) is 20.9 Å². The molecule has 1 amide bonds. The number of nitrogens with zero attached hydrogens (tertiary/aromatic N) is 2. The van der Waals surface area contributed by atoms with Gasteiger partial charge < -0.3 is 22.0 Å². The molecule has 0 heterocycles. The Labute approximate surface area is 144 Å². The highest BCUT2D eigenvalue weighted by molar-refractivity contribution is 7.52. The maximum absolute atomic E-state index is 12.9. The van der Waals surface area contributed by atoms with Crippen LogP contribution in [-0.4, -0.2) is 28.9 Å². The number of aryl methyl sites for hydroxylation is 2. The van der Waals surface area contributed by atoms with E-state index in [4.69, 9.17) is 18.1 Å². The molecule has 1 aromatic carbocycles. The Hall–Kier alpha value is -1.51. The second-order valence-electron chi connectivity index (χ2n) is 6.76. The molecule has 1 aromatic rings. The predicted octanol–water partition coefficient (Wildman–Crippen LogP) is 3.35. The minimum Gasteiger partial charge on any atom is -0.493 e. The van der Waals surface area contributed by atoms with Gasteiger partial charge in [-0.1, -0.05) is 13.3 Å². The average Bonchev–Trinajstić information content (AvgIpc) is 3.30. The van der Waals surface area contributed by atoms with Gasteiger partial charge in [0.1, 0.15) is 0 Å². The minimum atomic E-state index is -0.475. The number of benzene rings is 1. The molecule has 0 radical (unpaired) electrons. The summed E-state index contributed by atoms with van der Waals surface area (Å²) < 4.78 is 0.334. The van der Waals surface area contributed by atoms with Crippen molar-refractivity contribution >= 4 is 24.4 Å². The van der Waals surface area contributed by atoms with E-state index < -0.39 is 5.54 Å². The third kappa shape index (κ3) is 3.39. The largest absolute Gasteiger partial charge is 0.493 e. The van der Waals surface area contributed by atoms with Crippen LogP contribution in [-0.2, 0) is 17.6 Å². The number of quaternary nitrogens is 1. The molecular weight excluding hydrogens is 306 g/mol. The van der Waals surface area contributed by atoms with E-state index in [-0.39, 0.29) is 5.91 Å². The van der Waals surface area contributed by atoms with E-state index in [2.05, 4.69) is 18.3 Å². The van der Waals surface area contributed by atoms with Gasteiger partial charge >= 0.3 is 0 Å². The van der Waals surface area contributed by atoms with Gasteiger partial charge in [0.25, 0.3) is 5.91 Å². The Bertz CT molecular complexity index is 634. The molecule has 1 saturated carbocycles. The zero-order valence-corrected chi connectivity index (χ0v) is 15.2. The van der Waals surface area contributed by atoms with Gasteiger partial charge in [0, 0.05) is 18.5 Å². The first kappa shape index (κ1) is 17.8. The second kappa shape index (κ2) is 6.54. The van der Waals surface area contributed by atoms with Crippen molar-refractivity contribution in [2.45, 2.75) is 52.0 Å². The van der Waals surface area contributed by atoms with E-state index in [9.17, 15) is 4.79 Å². The van der Waals surface area contributed by atoms with Crippen molar-refractivity contribution in [1.82, 2.24) is 0 Å².